The van der Waals surface area contributed by atoms with Gasteiger partial charge in [0.05, 0.1) is 0 Å². The summed E-state index contributed by atoms with van der Waals surface area (Å²) in [6, 6.07) is 9.16. The Balaban J connectivity index is 2.97. The SMILES string of the molecule is [CH2]C(C)([O-])c1ccccc1. The van der Waals surface area contributed by atoms with E-state index in [1.54, 1.807) is 19.1 Å². The molecule has 0 saturated carbocycles. The van der Waals surface area contributed by atoms with E-state index in [9.17, 15) is 5.11 Å². The Morgan fingerprint density at radius 2 is 1.80 bits per heavy atom. The third-order valence-corrected chi connectivity index (χ3v) is 1.38. The monoisotopic (exact) mass is 134 g/mol. The topological polar surface area (TPSA) is 23.1 Å². The normalized spacial score (nSPS) is 11.5. The van der Waals surface area contributed by atoms with Crippen molar-refractivity contribution in [2.24, 2.45) is 0 Å². The second-order valence-corrected chi connectivity index (χ2v) is 2.60. The molecular formula is C9H10O-. The fraction of sp³-hybridized carbons (Fsp3) is 0.222. The number of hydrogen-bond acceptors (Lipinski definition) is 1. The van der Waals surface area contributed by atoms with Crippen molar-refractivity contribution in [1.82, 2.24) is 0 Å². The minimum Gasteiger partial charge on any atom is -0.846 e. The summed E-state index contributed by atoms with van der Waals surface area (Å²) in [6.07, 6.45) is 0. The largest absolute Gasteiger partial charge is 0.846 e. The summed E-state index contributed by atoms with van der Waals surface area (Å²) >= 11 is 0. The van der Waals surface area contributed by atoms with E-state index in [2.05, 4.69) is 6.92 Å². The molecule has 1 rings (SSSR count). The molecule has 0 fully saturated rings. The predicted molar refractivity (Wildman–Crippen MR) is 39.2 cm³/mol. The highest BCUT2D eigenvalue weighted by molar-refractivity contribution is 5.21. The van der Waals surface area contributed by atoms with Gasteiger partial charge in [-0.1, -0.05) is 55.3 Å². The lowest BCUT2D eigenvalue weighted by atomic mass is 9.99. The quantitative estimate of drug-likeness (QED) is 0.564. The molecule has 0 aliphatic heterocycles. The molecule has 0 amide bonds. The zero-order valence-corrected chi connectivity index (χ0v) is 6.00. The van der Waals surface area contributed by atoms with E-state index in [1.165, 1.54) is 0 Å². The van der Waals surface area contributed by atoms with Gasteiger partial charge in [0.15, 0.2) is 0 Å². The van der Waals surface area contributed by atoms with Crippen LogP contribution in [0.25, 0.3) is 0 Å². The van der Waals surface area contributed by atoms with Crippen molar-refractivity contribution in [3.63, 3.8) is 0 Å². The molecule has 0 heterocycles. The van der Waals surface area contributed by atoms with Crippen LogP contribution >= 0.6 is 0 Å². The summed E-state index contributed by atoms with van der Waals surface area (Å²) in [4.78, 5) is 0. The summed E-state index contributed by atoms with van der Waals surface area (Å²) in [5.41, 5.74) is -0.476. The molecule has 1 unspecified atom stereocenters. The van der Waals surface area contributed by atoms with Crippen LogP contribution in [0.5, 0.6) is 0 Å². The van der Waals surface area contributed by atoms with Gasteiger partial charge in [-0.3, -0.25) is 0 Å². The first-order valence-corrected chi connectivity index (χ1v) is 3.22. The Labute approximate surface area is 61.3 Å². The number of hydrogen-bond donors (Lipinski definition) is 0. The van der Waals surface area contributed by atoms with Gasteiger partial charge in [0.1, 0.15) is 0 Å². The van der Waals surface area contributed by atoms with Gasteiger partial charge in [-0.05, 0) is 0 Å². The van der Waals surface area contributed by atoms with Crippen LogP contribution in [0, 0.1) is 6.92 Å². The van der Waals surface area contributed by atoms with Gasteiger partial charge in [0, 0.05) is 0 Å². The number of benzene rings is 1. The average Bonchev–Trinajstić information content (AvgIpc) is 1.88. The van der Waals surface area contributed by atoms with Gasteiger partial charge >= 0.3 is 0 Å². The van der Waals surface area contributed by atoms with Crippen LogP contribution in [-0.2, 0) is 5.60 Å². The molecule has 0 spiro atoms. The maximum Gasteiger partial charge on any atom is -0.0587 e. The Kier molecular flexibility index (Phi) is 1.77. The van der Waals surface area contributed by atoms with Gasteiger partial charge in [-0.25, -0.2) is 0 Å². The minimum atomic E-state index is -1.21. The summed E-state index contributed by atoms with van der Waals surface area (Å²) < 4.78 is 0. The molecule has 1 radical (unpaired) electrons. The Morgan fingerprint density at radius 3 is 2.10 bits per heavy atom. The molecule has 0 aliphatic rings. The number of rotatable bonds is 1. The van der Waals surface area contributed by atoms with Crippen LogP contribution in [0.4, 0.5) is 0 Å². The second-order valence-electron chi connectivity index (χ2n) is 2.60. The molecule has 0 aliphatic carbocycles. The van der Waals surface area contributed by atoms with E-state index < -0.39 is 5.60 Å². The van der Waals surface area contributed by atoms with Crippen molar-refractivity contribution in [2.75, 3.05) is 0 Å². The first-order chi connectivity index (χ1) is 4.61. The third kappa shape index (κ3) is 1.58. The van der Waals surface area contributed by atoms with Crippen molar-refractivity contribution >= 4 is 0 Å². The molecule has 0 saturated heterocycles. The molecule has 1 atom stereocenters. The third-order valence-electron chi connectivity index (χ3n) is 1.38. The van der Waals surface area contributed by atoms with Crippen molar-refractivity contribution in [2.45, 2.75) is 12.5 Å². The van der Waals surface area contributed by atoms with Crippen molar-refractivity contribution in [1.29, 1.82) is 0 Å². The fourth-order valence-corrected chi connectivity index (χ4v) is 0.791. The van der Waals surface area contributed by atoms with Crippen LogP contribution in [-0.4, -0.2) is 0 Å². The molecule has 1 heteroatoms. The lowest BCUT2D eigenvalue weighted by Gasteiger charge is -2.31. The molecule has 1 aromatic rings. The summed E-state index contributed by atoms with van der Waals surface area (Å²) in [5.74, 6) is 0. The van der Waals surface area contributed by atoms with E-state index in [0.29, 0.717) is 0 Å². The first-order valence-electron chi connectivity index (χ1n) is 3.22. The molecular weight excluding hydrogens is 124 g/mol. The molecule has 1 nitrogen and oxygen atoms in total. The van der Waals surface area contributed by atoms with Gasteiger partial charge in [-0.2, -0.15) is 0 Å². The van der Waals surface area contributed by atoms with E-state index in [4.69, 9.17) is 0 Å². The molecule has 10 heavy (non-hydrogen) atoms. The van der Waals surface area contributed by atoms with Crippen molar-refractivity contribution in [3.8, 4) is 0 Å². The summed E-state index contributed by atoms with van der Waals surface area (Å²) in [5, 5.41) is 11.2. The van der Waals surface area contributed by atoms with Crippen LogP contribution in [0.3, 0.4) is 0 Å². The highest BCUT2D eigenvalue weighted by Crippen LogP contribution is 2.13. The molecule has 0 N–H and O–H groups in total. The van der Waals surface area contributed by atoms with E-state index in [-0.39, 0.29) is 0 Å². The average molecular weight is 134 g/mol. The second kappa shape index (κ2) is 2.43. The minimum absolute atomic E-state index is 0.731. The van der Waals surface area contributed by atoms with Gasteiger partial charge in [0.2, 0.25) is 0 Å². The molecule has 0 bridgehead atoms. The maximum absolute atomic E-state index is 11.2. The summed E-state index contributed by atoms with van der Waals surface area (Å²) in [7, 11) is 0. The van der Waals surface area contributed by atoms with Gasteiger partial charge in [-0.15, -0.1) is 0 Å². The van der Waals surface area contributed by atoms with Crippen molar-refractivity contribution < 1.29 is 5.11 Å². The highest BCUT2D eigenvalue weighted by Gasteiger charge is 2.02. The zero-order chi connectivity index (χ0) is 7.61. The molecule has 0 aromatic heterocycles. The van der Waals surface area contributed by atoms with E-state index in [0.717, 1.165) is 5.56 Å². The maximum atomic E-state index is 11.2. The van der Waals surface area contributed by atoms with Crippen LogP contribution < -0.4 is 5.11 Å². The lowest BCUT2D eigenvalue weighted by Crippen LogP contribution is -2.33. The highest BCUT2D eigenvalue weighted by atomic mass is 16.3. The van der Waals surface area contributed by atoms with Crippen LogP contribution in [0.2, 0.25) is 0 Å². The smallest absolute Gasteiger partial charge is 0.0587 e. The van der Waals surface area contributed by atoms with E-state index in [1.807, 2.05) is 18.2 Å². The standard InChI is InChI=1S/C9H10O/c1-9(2,10)8-6-4-3-5-7-8/h3-7H,1H2,2H3/q-1. The van der Waals surface area contributed by atoms with Gasteiger partial charge in [0.25, 0.3) is 0 Å². The van der Waals surface area contributed by atoms with Gasteiger partial charge < -0.3 is 5.11 Å². The lowest BCUT2D eigenvalue weighted by molar-refractivity contribution is -0.463. The van der Waals surface area contributed by atoms with Crippen molar-refractivity contribution in [3.05, 3.63) is 42.8 Å². The van der Waals surface area contributed by atoms with E-state index >= 15 is 0 Å². The first kappa shape index (κ1) is 7.29. The fourth-order valence-electron chi connectivity index (χ4n) is 0.791. The summed E-state index contributed by atoms with van der Waals surface area (Å²) in [6.45, 7) is 5.04. The Morgan fingerprint density at radius 1 is 1.30 bits per heavy atom. The van der Waals surface area contributed by atoms with Crippen LogP contribution in [0.1, 0.15) is 12.5 Å². The predicted octanol–water partition coefficient (Wildman–Crippen LogP) is 1.10. The van der Waals surface area contributed by atoms with Crippen LogP contribution in [0.15, 0.2) is 30.3 Å². The zero-order valence-electron chi connectivity index (χ0n) is 6.00. The molecule has 1 aromatic carbocycles. The molecule has 53 valence electrons. The Hall–Kier alpha value is -0.820. The Bertz CT molecular complexity index is 196.